The molecule has 7 nitrogen and oxygen atoms in total. The number of carboxylic acid groups (broad SMARTS) is 1. The van der Waals surface area contributed by atoms with Crippen molar-refractivity contribution in [2.24, 2.45) is 0 Å². The van der Waals surface area contributed by atoms with E-state index in [2.05, 4.69) is 5.16 Å². The molecular formula is C16H15ClN2O5. The van der Waals surface area contributed by atoms with E-state index in [1.54, 1.807) is 31.2 Å². The molecular weight excluding hydrogens is 336 g/mol. The number of aliphatic carboxylic acids is 1. The van der Waals surface area contributed by atoms with Crippen LogP contribution in [0.3, 0.4) is 0 Å². The van der Waals surface area contributed by atoms with Crippen LogP contribution in [0.2, 0.25) is 5.02 Å². The lowest BCUT2D eigenvalue weighted by Crippen LogP contribution is -2.51. The number of carbonyl (C=O) groups is 2. The Morgan fingerprint density at radius 3 is 2.83 bits per heavy atom. The lowest BCUT2D eigenvalue weighted by atomic mass is 10.1. The van der Waals surface area contributed by atoms with E-state index in [4.69, 9.17) is 26.0 Å². The zero-order chi connectivity index (χ0) is 17.3. The Balaban J connectivity index is 1.79. The van der Waals surface area contributed by atoms with E-state index in [1.807, 2.05) is 0 Å². The molecule has 0 spiro atoms. The first-order valence-corrected chi connectivity index (χ1v) is 7.72. The van der Waals surface area contributed by atoms with Gasteiger partial charge in [-0.2, -0.15) is 0 Å². The highest BCUT2D eigenvalue weighted by atomic mass is 35.5. The van der Waals surface area contributed by atoms with Gasteiger partial charge in [-0.05, 0) is 19.1 Å². The number of carboxylic acids is 1. The number of ether oxygens (including phenoxy) is 1. The number of benzene rings is 1. The van der Waals surface area contributed by atoms with Gasteiger partial charge in [-0.15, -0.1) is 0 Å². The van der Waals surface area contributed by atoms with Crippen LogP contribution in [0.4, 0.5) is 0 Å². The molecule has 2 aromatic rings. The summed E-state index contributed by atoms with van der Waals surface area (Å²) >= 11 is 5.94. The molecule has 8 heteroatoms. The first-order valence-electron chi connectivity index (χ1n) is 7.34. The summed E-state index contributed by atoms with van der Waals surface area (Å²) in [6.07, 6.45) is -1.42. The molecule has 24 heavy (non-hydrogen) atoms. The molecule has 1 unspecified atom stereocenters. The second kappa shape index (κ2) is 6.62. The zero-order valence-corrected chi connectivity index (χ0v) is 13.6. The number of nitrogens with zero attached hydrogens (tertiary/aromatic N) is 2. The first-order chi connectivity index (χ1) is 11.4. The second-order valence-electron chi connectivity index (χ2n) is 5.57. The van der Waals surface area contributed by atoms with Gasteiger partial charge >= 0.3 is 5.97 Å². The van der Waals surface area contributed by atoms with Crippen LogP contribution in [-0.4, -0.2) is 52.3 Å². The molecule has 2 atom stereocenters. The number of carbonyl (C=O) groups excluding carboxylic acids is 1. The minimum atomic E-state index is -1.10. The van der Waals surface area contributed by atoms with E-state index in [9.17, 15) is 9.59 Å². The molecule has 0 radical (unpaired) electrons. The summed E-state index contributed by atoms with van der Waals surface area (Å²) in [7, 11) is 0. The molecule has 1 aromatic carbocycles. The largest absolute Gasteiger partial charge is 0.479 e. The van der Waals surface area contributed by atoms with Gasteiger partial charge < -0.3 is 19.3 Å². The Morgan fingerprint density at radius 1 is 1.33 bits per heavy atom. The van der Waals surface area contributed by atoms with Gasteiger partial charge in [0.1, 0.15) is 0 Å². The SMILES string of the molecule is C[C@@H]1CN(C(=O)c2cc(-c3cccc(Cl)c3)on2)CC(C(=O)O)O1. The van der Waals surface area contributed by atoms with Crippen molar-refractivity contribution in [3.63, 3.8) is 0 Å². The Kier molecular flexibility index (Phi) is 4.55. The summed E-state index contributed by atoms with van der Waals surface area (Å²) in [5.74, 6) is -1.08. The maximum atomic E-state index is 12.6. The van der Waals surface area contributed by atoms with E-state index in [1.165, 1.54) is 11.0 Å². The van der Waals surface area contributed by atoms with Crippen molar-refractivity contribution >= 4 is 23.5 Å². The van der Waals surface area contributed by atoms with Crippen molar-refractivity contribution in [1.82, 2.24) is 10.1 Å². The molecule has 0 bridgehead atoms. The topological polar surface area (TPSA) is 92.9 Å². The predicted octanol–water partition coefficient (Wildman–Crippen LogP) is 2.31. The van der Waals surface area contributed by atoms with Gasteiger partial charge in [-0.25, -0.2) is 4.79 Å². The van der Waals surface area contributed by atoms with E-state index in [-0.39, 0.29) is 18.3 Å². The molecule has 1 saturated heterocycles. The molecule has 0 saturated carbocycles. The van der Waals surface area contributed by atoms with Crippen molar-refractivity contribution in [1.29, 1.82) is 0 Å². The van der Waals surface area contributed by atoms with Gasteiger partial charge in [0.05, 0.1) is 12.6 Å². The quantitative estimate of drug-likeness (QED) is 0.913. The molecule has 3 rings (SSSR count). The number of aromatic nitrogens is 1. The fraction of sp³-hybridized carbons (Fsp3) is 0.312. The van der Waals surface area contributed by atoms with Crippen molar-refractivity contribution in [2.45, 2.75) is 19.1 Å². The monoisotopic (exact) mass is 350 g/mol. The van der Waals surface area contributed by atoms with Gasteiger partial charge in [-0.3, -0.25) is 4.79 Å². The van der Waals surface area contributed by atoms with Crippen molar-refractivity contribution < 1.29 is 24.0 Å². The highest BCUT2D eigenvalue weighted by Gasteiger charge is 2.34. The lowest BCUT2D eigenvalue weighted by molar-refractivity contribution is -0.160. The summed E-state index contributed by atoms with van der Waals surface area (Å²) in [5.41, 5.74) is 0.816. The molecule has 1 aliphatic rings. The lowest BCUT2D eigenvalue weighted by Gasteiger charge is -2.34. The van der Waals surface area contributed by atoms with Gasteiger partial charge in [-0.1, -0.05) is 28.9 Å². The maximum Gasteiger partial charge on any atom is 0.334 e. The molecule has 0 aliphatic carbocycles. The van der Waals surface area contributed by atoms with Crippen LogP contribution in [0.15, 0.2) is 34.9 Å². The molecule has 1 aliphatic heterocycles. The number of hydrogen-bond donors (Lipinski definition) is 1. The summed E-state index contributed by atoms with van der Waals surface area (Å²) < 4.78 is 10.5. The van der Waals surface area contributed by atoms with Crippen molar-refractivity contribution in [3.05, 3.63) is 41.0 Å². The third-order valence-corrected chi connectivity index (χ3v) is 3.90. The van der Waals surface area contributed by atoms with Crippen LogP contribution in [0.1, 0.15) is 17.4 Å². The van der Waals surface area contributed by atoms with E-state index in [0.29, 0.717) is 22.9 Å². The third-order valence-electron chi connectivity index (χ3n) is 3.66. The number of hydrogen-bond acceptors (Lipinski definition) is 5. The van der Waals surface area contributed by atoms with Crippen LogP contribution in [-0.2, 0) is 9.53 Å². The third kappa shape index (κ3) is 3.42. The minimum Gasteiger partial charge on any atom is -0.479 e. The summed E-state index contributed by atoms with van der Waals surface area (Å²) in [4.78, 5) is 25.1. The van der Waals surface area contributed by atoms with Gasteiger partial charge in [0, 0.05) is 23.2 Å². The van der Waals surface area contributed by atoms with Crippen LogP contribution >= 0.6 is 11.6 Å². The van der Waals surface area contributed by atoms with Crippen LogP contribution in [0.5, 0.6) is 0 Å². The van der Waals surface area contributed by atoms with Crippen molar-refractivity contribution in [2.75, 3.05) is 13.1 Å². The summed E-state index contributed by atoms with van der Waals surface area (Å²) in [5, 5.41) is 13.4. The highest BCUT2D eigenvalue weighted by molar-refractivity contribution is 6.30. The van der Waals surface area contributed by atoms with Crippen LogP contribution < -0.4 is 0 Å². The van der Waals surface area contributed by atoms with Crippen molar-refractivity contribution in [3.8, 4) is 11.3 Å². The average molecular weight is 351 g/mol. The van der Waals surface area contributed by atoms with Gasteiger partial charge in [0.15, 0.2) is 17.6 Å². The zero-order valence-electron chi connectivity index (χ0n) is 12.8. The molecule has 126 valence electrons. The molecule has 2 heterocycles. The molecule has 1 aromatic heterocycles. The normalized spacial score (nSPS) is 20.8. The van der Waals surface area contributed by atoms with Gasteiger partial charge in [0.2, 0.25) is 0 Å². The molecule has 1 amide bonds. The standard InChI is InChI=1S/C16H15ClN2O5/c1-9-7-19(8-14(23-9)16(21)22)15(20)12-6-13(24-18-12)10-3-2-4-11(17)5-10/h2-6,9,14H,7-8H2,1H3,(H,21,22)/t9-,14?/m1/s1. The Morgan fingerprint density at radius 2 is 2.12 bits per heavy atom. The maximum absolute atomic E-state index is 12.6. The summed E-state index contributed by atoms with van der Waals surface area (Å²) in [6.45, 7) is 1.98. The smallest absolute Gasteiger partial charge is 0.334 e. The summed E-state index contributed by atoms with van der Waals surface area (Å²) in [6, 6.07) is 8.51. The number of rotatable bonds is 3. The van der Waals surface area contributed by atoms with Gasteiger partial charge in [0.25, 0.3) is 5.91 Å². The van der Waals surface area contributed by atoms with Crippen LogP contribution in [0.25, 0.3) is 11.3 Å². The predicted molar refractivity (Wildman–Crippen MR) is 84.8 cm³/mol. The average Bonchev–Trinajstić information content (AvgIpc) is 3.03. The molecule has 1 N–H and O–H groups in total. The minimum absolute atomic E-state index is 0.0299. The Labute approximate surface area is 142 Å². The Bertz CT molecular complexity index is 775. The number of morpholine rings is 1. The second-order valence-corrected chi connectivity index (χ2v) is 6.01. The number of amides is 1. The van der Waals surface area contributed by atoms with Crippen LogP contribution in [0, 0.1) is 0 Å². The first kappa shape index (κ1) is 16.5. The van der Waals surface area contributed by atoms with E-state index < -0.39 is 18.0 Å². The molecule has 1 fully saturated rings. The highest BCUT2D eigenvalue weighted by Crippen LogP contribution is 2.24. The number of halogens is 1. The van der Waals surface area contributed by atoms with E-state index >= 15 is 0 Å². The fourth-order valence-electron chi connectivity index (χ4n) is 2.57. The fourth-order valence-corrected chi connectivity index (χ4v) is 2.76. The van der Waals surface area contributed by atoms with E-state index in [0.717, 1.165) is 0 Å². The Hall–Kier alpha value is -2.38.